The lowest BCUT2D eigenvalue weighted by Crippen LogP contribution is -2.41. The molecule has 1 unspecified atom stereocenters. The number of nitrogens with two attached hydrogens (primary N) is 1. The summed E-state index contributed by atoms with van der Waals surface area (Å²) in [5.74, 6) is 1.06. The van der Waals surface area contributed by atoms with Crippen LogP contribution in [0.5, 0.6) is 0 Å². The number of carbonyl (C=O) groups is 1. The molecule has 5 nitrogen and oxygen atoms in total. The first-order valence-corrected chi connectivity index (χ1v) is 10.0. The number of hydrogen-bond donors (Lipinski definition) is 2. The highest BCUT2D eigenvalue weighted by Crippen LogP contribution is 2.33. The Kier molecular flexibility index (Phi) is 8.07. The van der Waals surface area contributed by atoms with Crippen molar-refractivity contribution in [2.24, 2.45) is 23.5 Å². The van der Waals surface area contributed by atoms with Gasteiger partial charge in [-0.15, -0.1) is 0 Å². The zero-order valence-corrected chi connectivity index (χ0v) is 16.3. The van der Waals surface area contributed by atoms with Crippen LogP contribution < -0.4 is 10.6 Å². The van der Waals surface area contributed by atoms with Crippen molar-refractivity contribution in [2.45, 2.75) is 58.8 Å². The minimum atomic E-state index is -0.0190. The Labute approximate surface area is 157 Å². The van der Waals surface area contributed by atoms with Gasteiger partial charge in [0.05, 0.1) is 17.7 Å². The minimum Gasteiger partial charge on any atom is -0.388 e. The second-order valence-corrected chi connectivity index (χ2v) is 7.68. The molecule has 1 aromatic rings. The molecule has 3 N–H and O–H groups in total. The molecule has 0 spiro atoms. The molecule has 0 aliphatic carbocycles. The molecule has 0 bridgehead atoms. The average molecular weight is 359 g/mol. The molecule has 3 atom stereocenters. The minimum absolute atomic E-state index is 0.0190. The van der Waals surface area contributed by atoms with E-state index in [1.54, 1.807) is 6.20 Å². The van der Waals surface area contributed by atoms with Crippen molar-refractivity contribution in [2.75, 3.05) is 18.0 Å². The van der Waals surface area contributed by atoms with Gasteiger partial charge >= 0.3 is 0 Å². The number of nitrogens with one attached hydrogen (secondary N) is 1. The molecule has 5 heteroatoms. The Balaban J connectivity index is 2.06. The van der Waals surface area contributed by atoms with Crippen molar-refractivity contribution in [1.29, 1.82) is 5.41 Å². The summed E-state index contributed by atoms with van der Waals surface area (Å²) in [6.45, 7) is 6.16. The van der Waals surface area contributed by atoms with Crippen molar-refractivity contribution in [1.82, 2.24) is 4.98 Å². The number of ketones is 1. The summed E-state index contributed by atoms with van der Waals surface area (Å²) in [5, 5.41) is 7.42. The zero-order chi connectivity index (χ0) is 18.9. The summed E-state index contributed by atoms with van der Waals surface area (Å²) in [7, 11) is 0. The first kappa shape index (κ1) is 20.4. The molecule has 1 fully saturated rings. The molecule has 0 radical (unpaired) electrons. The third kappa shape index (κ3) is 5.82. The predicted octanol–water partition coefficient (Wildman–Crippen LogP) is 4.03. The lowest BCUT2D eigenvalue weighted by molar-refractivity contribution is -0.128. The smallest absolute Gasteiger partial charge is 0.139 e. The van der Waals surface area contributed by atoms with E-state index in [4.69, 9.17) is 11.1 Å². The molecule has 2 rings (SSSR count). The molecule has 1 aliphatic heterocycles. The van der Waals surface area contributed by atoms with Gasteiger partial charge in [-0.1, -0.05) is 26.7 Å². The van der Waals surface area contributed by atoms with Gasteiger partial charge in [0.1, 0.15) is 5.78 Å². The van der Waals surface area contributed by atoms with E-state index in [1.165, 1.54) is 0 Å². The molecule has 1 aliphatic rings. The van der Waals surface area contributed by atoms with Crippen LogP contribution in [-0.2, 0) is 4.79 Å². The lowest BCUT2D eigenvalue weighted by atomic mass is 9.76. The van der Waals surface area contributed by atoms with Crippen LogP contribution in [0.15, 0.2) is 24.5 Å². The van der Waals surface area contributed by atoms with Crippen LogP contribution in [0.25, 0.3) is 0 Å². The number of hydrogen-bond acceptors (Lipinski definition) is 4. The van der Waals surface area contributed by atoms with E-state index in [1.807, 2.05) is 19.2 Å². The fourth-order valence-electron chi connectivity index (χ4n) is 4.03. The van der Waals surface area contributed by atoms with Gasteiger partial charge in [-0.25, -0.2) is 0 Å². The normalized spacial score (nSPS) is 19.8. The Morgan fingerprint density at radius 1 is 1.46 bits per heavy atom. The molecular weight excluding hydrogens is 324 g/mol. The SMILES string of the molecule is CCCC[C@H](C(=O)C(C)CCC(=N)N)[C@@H]1CCCN(c2cccnc2)C1. The number of Topliss-reactive ketones (excluding diaryl/α,β-unsaturated/α-hetero) is 1. The van der Waals surface area contributed by atoms with Gasteiger partial charge in [0, 0.05) is 37.5 Å². The molecule has 0 saturated carbocycles. The van der Waals surface area contributed by atoms with Gasteiger partial charge in [-0.3, -0.25) is 15.2 Å². The Bertz CT molecular complexity index is 575. The molecule has 26 heavy (non-hydrogen) atoms. The summed E-state index contributed by atoms with van der Waals surface area (Å²) in [4.78, 5) is 19.8. The molecule has 0 aromatic carbocycles. The average Bonchev–Trinajstić information content (AvgIpc) is 2.67. The number of pyridine rings is 1. The van der Waals surface area contributed by atoms with Crippen molar-refractivity contribution < 1.29 is 4.79 Å². The van der Waals surface area contributed by atoms with Crippen LogP contribution >= 0.6 is 0 Å². The van der Waals surface area contributed by atoms with E-state index < -0.39 is 0 Å². The van der Waals surface area contributed by atoms with Gasteiger partial charge in [0.25, 0.3) is 0 Å². The van der Waals surface area contributed by atoms with E-state index in [9.17, 15) is 4.79 Å². The van der Waals surface area contributed by atoms with E-state index >= 15 is 0 Å². The number of anilines is 1. The summed E-state index contributed by atoms with van der Waals surface area (Å²) >= 11 is 0. The molecule has 2 heterocycles. The fourth-order valence-corrected chi connectivity index (χ4v) is 4.03. The second kappa shape index (κ2) is 10.3. The Hall–Kier alpha value is -1.91. The number of rotatable bonds is 10. The number of aromatic nitrogens is 1. The maximum absolute atomic E-state index is 13.2. The number of carbonyl (C=O) groups excluding carboxylic acids is 1. The number of unbranched alkanes of at least 4 members (excludes halogenated alkanes) is 1. The van der Waals surface area contributed by atoms with Crippen molar-refractivity contribution in [3.63, 3.8) is 0 Å². The molecule has 144 valence electrons. The Morgan fingerprint density at radius 3 is 2.92 bits per heavy atom. The molecule has 1 saturated heterocycles. The number of amidine groups is 1. The molecule has 1 aromatic heterocycles. The highest BCUT2D eigenvalue weighted by atomic mass is 16.1. The van der Waals surface area contributed by atoms with E-state index in [-0.39, 0.29) is 17.7 Å². The second-order valence-electron chi connectivity index (χ2n) is 7.68. The van der Waals surface area contributed by atoms with Crippen LogP contribution in [0, 0.1) is 23.2 Å². The van der Waals surface area contributed by atoms with Crippen molar-refractivity contribution in [3.8, 4) is 0 Å². The molecular formula is C21H34N4O. The van der Waals surface area contributed by atoms with Crippen molar-refractivity contribution >= 4 is 17.3 Å². The largest absolute Gasteiger partial charge is 0.388 e. The fraction of sp³-hybridized carbons (Fsp3) is 0.667. The highest BCUT2D eigenvalue weighted by molar-refractivity contribution is 5.84. The summed E-state index contributed by atoms with van der Waals surface area (Å²) in [5.41, 5.74) is 6.64. The predicted molar refractivity (Wildman–Crippen MR) is 108 cm³/mol. The Morgan fingerprint density at radius 2 is 2.27 bits per heavy atom. The van der Waals surface area contributed by atoms with Crippen LogP contribution in [0.1, 0.15) is 58.8 Å². The first-order valence-electron chi connectivity index (χ1n) is 10.0. The van der Waals surface area contributed by atoms with Gasteiger partial charge in [0.2, 0.25) is 0 Å². The summed E-state index contributed by atoms with van der Waals surface area (Å²) in [6, 6.07) is 4.08. The topological polar surface area (TPSA) is 83.1 Å². The lowest BCUT2D eigenvalue weighted by Gasteiger charge is -2.38. The van der Waals surface area contributed by atoms with Crippen LogP contribution in [0.3, 0.4) is 0 Å². The summed E-state index contributed by atoms with van der Waals surface area (Å²) < 4.78 is 0. The van der Waals surface area contributed by atoms with Gasteiger partial charge < -0.3 is 10.6 Å². The number of nitrogens with zero attached hydrogens (tertiary/aromatic N) is 2. The van der Waals surface area contributed by atoms with Crippen molar-refractivity contribution in [3.05, 3.63) is 24.5 Å². The van der Waals surface area contributed by atoms with Gasteiger partial charge in [-0.05, 0) is 43.7 Å². The van der Waals surface area contributed by atoms with Crippen LogP contribution in [0.2, 0.25) is 0 Å². The van der Waals surface area contributed by atoms with Crippen LogP contribution in [0.4, 0.5) is 5.69 Å². The maximum atomic E-state index is 13.2. The van der Waals surface area contributed by atoms with E-state index in [0.29, 0.717) is 24.5 Å². The van der Waals surface area contributed by atoms with E-state index in [0.717, 1.165) is 50.9 Å². The van der Waals surface area contributed by atoms with E-state index in [2.05, 4.69) is 22.9 Å². The number of piperidine rings is 1. The maximum Gasteiger partial charge on any atom is 0.139 e. The standard InChI is InChI=1S/C21H34N4O/c1-3-4-9-19(21(26)16(2)10-11-20(22)23)17-7-6-13-25(15-17)18-8-5-12-24-14-18/h5,8,12,14,16-17,19H,3-4,6-7,9-11,13,15H2,1-2H3,(H3,22,23)/t16?,17-,19+/m1/s1. The van der Waals surface area contributed by atoms with Gasteiger partial charge in [-0.2, -0.15) is 0 Å². The quantitative estimate of drug-likeness (QED) is 0.489. The van der Waals surface area contributed by atoms with Gasteiger partial charge in [0.15, 0.2) is 0 Å². The third-order valence-corrected chi connectivity index (χ3v) is 5.60. The zero-order valence-electron chi connectivity index (χ0n) is 16.3. The monoisotopic (exact) mass is 358 g/mol. The molecule has 0 amide bonds. The third-order valence-electron chi connectivity index (χ3n) is 5.60. The first-order chi connectivity index (χ1) is 12.5. The highest BCUT2D eigenvalue weighted by Gasteiger charge is 2.33. The van der Waals surface area contributed by atoms with Crippen LogP contribution in [-0.4, -0.2) is 29.7 Å². The summed E-state index contributed by atoms with van der Waals surface area (Å²) in [6.07, 6.45) is 10.4.